The van der Waals surface area contributed by atoms with Crippen LogP contribution in [-0.4, -0.2) is 47.2 Å². The number of hydrogen-bond acceptors (Lipinski definition) is 3. The van der Waals surface area contributed by atoms with E-state index in [0.29, 0.717) is 6.04 Å². The molecule has 3 rings (SSSR count). The molecule has 5 heteroatoms. The summed E-state index contributed by atoms with van der Waals surface area (Å²) in [6, 6.07) is 8.28. The molecule has 1 aliphatic heterocycles. The van der Waals surface area contributed by atoms with Crippen molar-refractivity contribution in [1.29, 1.82) is 0 Å². The van der Waals surface area contributed by atoms with Crippen molar-refractivity contribution in [2.75, 3.05) is 20.1 Å². The van der Waals surface area contributed by atoms with E-state index in [-0.39, 0.29) is 5.91 Å². The van der Waals surface area contributed by atoms with Crippen molar-refractivity contribution in [2.45, 2.75) is 18.9 Å². The van der Waals surface area contributed by atoms with Crippen LogP contribution in [0.2, 0.25) is 0 Å². The van der Waals surface area contributed by atoms with Crippen molar-refractivity contribution in [3.05, 3.63) is 42.2 Å². The maximum absolute atomic E-state index is 12.6. The van der Waals surface area contributed by atoms with Crippen molar-refractivity contribution in [3.63, 3.8) is 0 Å². The number of nitrogens with zero attached hydrogens (tertiary/aromatic N) is 2. The number of nitrogens with one attached hydrogen (secondary N) is 2. The number of aromatic amines is 1. The Morgan fingerprint density at radius 3 is 2.81 bits per heavy atom. The van der Waals surface area contributed by atoms with Crippen LogP contribution in [0.4, 0.5) is 0 Å². The maximum atomic E-state index is 12.6. The topological polar surface area (TPSA) is 61.0 Å². The van der Waals surface area contributed by atoms with E-state index in [9.17, 15) is 4.79 Å². The molecule has 0 atom stereocenters. The molecule has 1 aromatic carbocycles. The summed E-state index contributed by atoms with van der Waals surface area (Å²) in [6.07, 6.45) is 5.64. The summed E-state index contributed by atoms with van der Waals surface area (Å²) in [4.78, 5) is 14.5. The fourth-order valence-corrected chi connectivity index (χ4v) is 2.79. The number of carbonyl (C=O) groups is 1. The molecule has 1 aromatic heterocycles. The summed E-state index contributed by atoms with van der Waals surface area (Å²) in [5, 5.41) is 10.0. The first kappa shape index (κ1) is 13.8. The Labute approximate surface area is 124 Å². The monoisotopic (exact) mass is 284 g/mol. The molecular weight excluding hydrogens is 264 g/mol. The minimum Gasteiger partial charge on any atom is -0.339 e. The second-order valence-corrected chi connectivity index (χ2v) is 5.42. The number of piperidine rings is 1. The van der Waals surface area contributed by atoms with Gasteiger partial charge in [0.1, 0.15) is 0 Å². The van der Waals surface area contributed by atoms with Crippen molar-refractivity contribution < 1.29 is 4.79 Å². The molecule has 0 aliphatic carbocycles. The third-order valence-electron chi connectivity index (χ3n) is 4.13. The molecule has 0 spiro atoms. The number of H-pyrrole nitrogens is 1. The van der Waals surface area contributed by atoms with Crippen molar-refractivity contribution in [2.24, 2.45) is 0 Å². The van der Waals surface area contributed by atoms with E-state index in [1.54, 1.807) is 6.20 Å². The van der Waals surface area contributed by atoms with E-state index in [4.69, 9.17) is 0 Å². The van der Waals surface area contributed by atoms with Gasteiger partial charge in [0.05, 0.1) is 6.20 Å². The van der Waals surface area contributed by atoms with Crippen LogP contribution in [0.1, 0.15) is 23.2 Å². The van der Waals surface area contributed by atoms with Gasteiger partial charge in [0.2, 0.25) is 0 Å². The van der Waals surface area contributed by atoms with Crippen LogP contribution in [0.15, 0.2) is 36.7 Å². The first-order valence-corrected chi connectivity index (χ1v) is 7.33. The minimum absolute atomic E-state index is 0.120. The van der Waals surface area contributed by atoms with Crippen molar-refractivity contribution in [1.82, 2.24) is 20.4 Å². The van der Waals surface area contributed by atoms with E-state index in [1.807, 2.05) is 42.4 Å². The predicted molar refractivity (Wildman–Crippen MR) is 82.0 cm³/mol. The number of carbonyl (C=O) groups excluding carboxylic acids is 1. The van der Waals surface area contributed by atoms with Crippen LogP contribution in [0.5, 0.6) is 0 Å². The van der Waals surface area contributed by atoms with Gasteiger partial charge in [-0.1, -0.05) is 12.1 Å². The average Bonchev–Trinajstić information content (AvgIpc) is 3.09. The van der Waals surface area contributed by atoms with Crippen LogP contribution in [0.25, 0.3) is 11.1 Å². The first-order valence-electron chi connectivity index (χ1n) is 7.33. The lowest BCUT2D eigenvalue weighted by Crippen LogP contribution is -2.43. The zero-order valence-corrected chi connectivity index (χ0v) is 12.2. The molecule has 2 N–H and O–H groups in total. The Kier molecular flexibility index (Phi) is 4.01. The zero-order valence-electron chi connectivity index (χ0n) is 12.2. The molecule has 21 heavy (non-hydrogen) atoms. The first-order chi connectivity index (χ1) is 10.3. The molecule has 2 aromatic rings. The summed E-state index contributed by atoms with van der Waals surface area (Å²) in [6.45, 7) is 1.64. The third-order valence-corrected chi connectivity index (χ3v) is 4.13. The minimum atomic E-state index is 0.120. The van der Waals surface area contributed by atoms with Crippen LogP contribution >= 0.6 is 0 Å². The highest BCUT2D eigenvalue weighted by Gasteiger charge is 2.22. The molecule has 1 aliphatic rings. The highest BCUT2D eigenvalue weighted by atomic mass is 16.2. The fraction of sp³-hybridized carbons (Fsp3) is 0.375. The molecule has 2 heterocycles. The van der Waals surface area contributed by atoms with Crippen LogP contribution < -0.4 is 5.32 Å². The van der Waals surface area contributed by atoms with Crippen LogP contribution in [0, 0.1) is 0 Å². The standard InChI is InChI=1S/C16H20N4O/c1-17-15-5-7-20(8-6-15)16(21)13-4-2-3-12(9-13)14-10-18-19-11-14/h2-4,9-11,15,17H,5-8H2,1H3,(H,18,19). The molecule has 0 saturated carbocycles. The van der Waals surface area contributed by atoms with E-state index in [2.05, 4.69) is 15.5 Å². The number of amides is 1. The van der Waals surface area contributed by atoms with Gasteiger partial charge in [0.25, 0.3) is 5.91 Å². The number of likely N-dealkylation sites (tertiary alicyclic amines) is 1. The van der Waals surface area contributed by atoms with Gasteiger partial charge in [-0.15, -0.1) is 0 Å². The second kappa shape index (κ2) is 6.10. The highest BCUT2D eigenvalue weighted by molar-refractivity contribution is 5.95. The highest BCUT2D eigenvalue weighted by Crippen LogP contribution is 2.21. The predicted octanol–water partition coefficient (Wildman–Crippen LogP) is 1.90. The van der Waals surface area contributed by atoms with Gasteiger partial charge in [-0.05, 0) is 37.6 Å². The Balaban J connectivity index is 1.75. The number of aromatic nitrogens is 2. The number of hydrogen-bond donors (Lipinski definition) is 2. The normalized spacial score (nSPS) is 16.1. The molecule has 1 amide bonds. The fourth-order valence-electron chi connectivity index (χ4n) is 2.79. The second-order valence-electron chi connectivity index (χ2n) is 5.42. The summed E-state index contributed by atoms with van der Waals surface area (Å²) in [7, 11) is 1.98. The number of benzene rings is 1. The van der Waals surface area contributed by atoms with Gasteiger partial charge in [-0.2, -0.15) is 5.10 Å². The van der Waals surface area contributed by atoms with Gasteiger partial charge in [0.15, 0.2) is 0 Å². The maximum Gasteiger partial charge on any atom is 0.253 e. The van der Waals surface area contributed by atoms with Crippen molar-refractivity contribution in [3.8, 4) is 11.1 Å². The summed E-state index contributed by atoms with van der Waals surface area (Å²) in [5.74, 6) is 0.120. The quantitative estimate of drug-likeness (QED) is 0.905. The van der Waals surface area contributed by atoms with E-state index < -0.39 is 0 Å². The van der Waals surface area contributed by atoms with E-state index >= 15 is 0 Å². The molecule has 5 nitrogen and oxygen atoms in total. The zero-order chi connectivity index (χ0) is 14.7. The lowest BCUT2D eigenvalue weighted by atomic mass is 10.0. The van der Waals surface area contributed by atoms with Gasteiger partial charge in [0, 0.05) is 36.5 Å². The summed E-state index contributed by atoms with van der Waals surface area (Å²) in [5.41, 5.74) is 2.76. The van der Waals surface area contributed by atoms with E-state index in [0.717, 1.165) is 42.6 Å². The van der Waals surface area contributed by atoms with Gasteiger partial charge >= 0.3 is 0 Å². The van der Waals surface area contributed by atoms with Crippen molar-refractivity contribution >= 4 is 5.91 Å². The Hall–Kier alpha value is -2.14. The lowest BCUT2D eigenvalue weighted by Gasteiger charge is -2.31. The molecule has 0 unspecified atom stereocenters. The lowest BCUT2D eigenvalue weighted by molar-refractivity contribution is 0.0707. The third kappa shape index (κ3) is 2.97. The average molecular weight is 284 g/mol. The number of rotatable bonds is 3. The van der Waals surface area contributed by atoms with Gasteiger partial charge in [-0.3, -0.25) is 9.89 Å². The molecule has 110 valence electrons. The molecule has 0 radical (unpaired) electrons. The Morgan fingerprint density at radius 1 is 1.33 bits per heavy atom. The molecule has 1 fully saturated rings. The van der Waals surface area contributed by atoms with E-state index in [1.165, 1.54) is 0 Å². The molecule has 1 saturated heterocycles. The molecular formula is C16H20N4O. The summed E-state index contributed by atoms with van der Waals surface area (Å²) < 4.78 is 0. The largest absolute Gasteiger partial charge is 0.339 e. The van der Waals surface area contributed by atoms with Crippen LogP contribution in [-0.2, 0) is 0 Å². The van der Waals surface area contributed by atoms with Gasteiger partial charge in [-0.25, -0.2) is 0 Å². The Bertz CT molecular complexity index is 600. The Morgan fingerprint density at radius 2 is 2.14 bits per heavy atom. The summed E-state index contributed by atoms with van der Waals surface area (Å²) >= 11 is 0. The smallest absolute Gasteiger partial charge is 0.253 e. The van der Waals surface area contributed by atoms with Gasteiger partial charge < -0.3 is 10.2 Å². The molecule has 0 bridgehead atoms. The SMILES string of the molecule is CNC1CCN(C(=O)c2cccc(-c3cn[nH]c3)c2)CC1. The van der Waals surface area contributed by atoms with Crippen LogP contribution in [0.3, 0.4) is 0 Å².